The number of hydrogen-bond donors (Lipinski definition) is 0. The van der Waals surface area contributed by atoms with E-state index in [4.69, 9.17) is 9.47 Å². The van der Waals surface area contributed by atoms with Crippen LogP contribution in [0.4, 0.5) is 0 Å². The van der Waals surface area contributed by atoms with E-state index in [0.717, 1.165) is 6.42 Å². The molecule has 0 bridgehead atoms. The van der Waals surface area contributed by atoms with Crippen molar-refractivity contribution in [3.05, 3.63) is 34.9 Å². The van der Waals surface area contributed by atoms with Gasteiger partial charge in [-0.3, -0.25) is 0 Å². The van der Waals surface area contributed by atoms with Gasteiger partial charge in [0.05, 0.1) is 0 Å². The van der Waals surface area contributed by atoms with Crippen molar-refractivity contribution in [3.8, 4) is 0 Å². The fraction of sp³-hybridized carbons (Fsp3) is 0.571. The fourth-order valence-corrected chi connectivity index (χ4v) is 1.66. The normalized spacial score (nSPS) is 11.1. The fourth-order valence-electron chi connectivity index (χ4n) is 1.66. The van der Waals surface area contributed by atoms with E-state index in [1.807, 2.05) is 13.8 Å². The lowest BCUT2D eigenvalue weighted by Crippen LogP contribution is -2.20. The van der Waals surface area contributed by atoms with Crippen molar-refractivity contribution in [1.29, 1.82) is 0 Å². The molecule has 0 radical (unpaired) electrons. The first-order valence-corrected chi connectivity index (χ1v) is 5.96. The van der Waals surface area contributed by atoms with Gasteiger partial charge in [0.15, 0.2) is 6.29 Å². The largest absolute Gasteiger partial charge is 0.353 e. The van der Waals surface area contributed by atoms with E-state index in [1.165, 1.54) is 16.7 Å². The van der Waals surface area contributed by atoms with E-state index in [-0.39, 0.29) is 6.29 Å². The zero-order valence-corrected chi connectivity index (χ0v) is 10.7. The average molecular weight is 222 g/mol. The molecule has 1 rings (SSSR count). The maximum atomic E-state index is 5.53. The lowest BCUT2D eigenvalue weighted by molar-refractivity contribution is -0.134. The molecule has 0 amide bonds. The minimum absolute atomic E-state index is 0.114. The Morgan fingerprint density at radius 2 is 1.62 bits per heavy atom. The predicted octanol–water partition coefficient (Wildman–Crippen LogP) is 3.25. The van der Waals surface area contributed by atoms with E-state index in [1.54, 1.807) is 0 Å². The number of hydrogen-bond acceptors (Lipinski definition) is 2. The third kappa shape index (κ3) is 3.95. The summed E-state index contributed by atoms with van der Waals surface area (Å²) in [6, 6.07) is 6.51. The predicted molar refractivity (Wildman–Crippen MR) is 66.7 cm³/mol. The van der Waals surface area contributed by atoms with Gasteiger partial charge in [-0.25, -0.2) is 0 Å². The number of rotatable bonds is 6. The number of benzene rings is 1. The third-order valence-corrected chi connectivity index (χ3v) is 2.68. The molecule has 1 aromatic carbocycles. The second-order valence-electron chi connectivity index (χ2n) is 3.96. The van der Waals surface area contributed by atoms with E-state index < -0.39 is 0 Å². The minimum Gasteiger partial charge on any atom is -0.353 e. The van der Waals surface area contributed by atoms with Crippen LogP contribution in [0.15, 0.2) is 18.2 Å². The molecule has 16 heavy (non-hydrogen) atoms. The summed E-state index contributed by atoms with van der Waals surface area (Å²) in [5.74, 6) is 0. The van der Waals surface area contributed by atoms with Crippen molar-refractivity contribution in [1.82, 2.24) is 0 Å². The van der Waals surface area contributed by atoms with Crippen molar-refractivity contribution >= 4 is 0 Å². The Bertz CT molecular complexity index is 315. The summed E-state index contributed by atoms with van der Waals surface area (Å²) in [4.78, 5) is 0. The zero-order valence-electron chi connectivity index (χ0n) is 10.7. The molecule has 0 aliphatic heterocycles. The second kappa shape index (κ2) is 6.66. The van der Waals surface area contributed by atoms with Crippen molar-refractivity contribution in [2.24, 2.45) is 0 Å². The summed E-state index contributed by atoms with van der Waals surface area (Å²) >= 11 is 0. The molecule has 2 heteroatoms. The Morgan fingerprint density at radius 3 is 2.12 bits per heavy atom. The first-order valence-electron chi connectivity index (χ1n) is 5.96. The standard InChI is InChI=1S/C14H22O2/c1-5-15-14(16-6-2)10-13-8-7-11(3)12(4)9-13/h7-9,14H,5-6,10H2,1-4H3. The van der Waals surface area contributed by atoms with Crippen LogP contribution in [0.1, 0.15) is 30.5 Å². The second-order valence-corrected chi connectivity index (χ2v) is 3.96. The molecule has 0 N–H and O–H groups in total. The SMILES string of the molecule is CCOC(Cc1ccc(C)c(C)c1)OCC. The molecule has 0 aromatic heterocycles. The Morgan fingerprint density at radius 1 is 1.00 bits per heavy atom. The molecule has 0 aliphatic carbocycles. The highest BCUT2D eigenvalue weighted by molar-refractivity contribution is 5.30. The van der Waals surface area contributed by atoms with Gasteiger partial charge < -0.3 is 9.47 Å². The molecule has 0 aliphatic rings. The maximum Gasteiger partial charge on any atom is 0.161 e. The highest BCUT2D eigenvalue weighted by atomic mass is 16.7. The van der Waals surface area contributed by atoms with Crippen molar-refractivity contribution < 1.29 is 9.47 Å². The van der Waals surface area contributed by atoms with E-state index >= 15 is 0 Å². The summed E-state index contributed by atoms with van der Waals surface area (Å²) in [6.07, 6.45) is 0.708. The van der Waals surface area contributed by atoms with Crippen molar-refractivity contribution in [3.63, 3.8) is 0 Å². The van der Waals surface area contributed by atoms with Crippen LogP contribution >= 0.6 is 0 Å². The molecular formula is C14H22O2. The molecule has 2 nitrogen and oxygen atoms in total. The summed E-state index contributed by atoms with van der Waals surface area (Å²) in [6.45, 7) is 9.63. The average Bonchev–Trinajstić information content (AvgIpc) is 2.24. The lowest BCUT2D eigenvalue weighted by Gasteiger charge is -2.17. The van der Waals surface area contributed by atoms with Gasteiger partial charge in [-0.05, 0) is 44.4 Å². The van der Waals surface area contributed by atoms with Crippen LogP contribution in [0, 0.1) is 13.8 Å². The molecular weight excluding hydrogens is 200 g/mol. The van der Waals surface area contributed by atoms with E-state index in [9.17, 15) is 0 Å². The van der Waals surface area contributed by atoms with Crippen LogP contribution in [-0.2, 0) is 15.9 Å². The summed E-state index contributed by atoms with van der Waals surface area (Å²) in [5.41, 5.74) is 3.92. The van der Waals surface area contributed by atoms with Crippen LogP contribution in [0.3, 0.4) is 0 Å². The topological polar surface area (TPSA) is 18.5 Å². The quantitative estimate of drug-likeness (QED) is 0.688. The smallest absolute Gasteiger partial charge is 0.161 e. The van der Waals surface area contributed by atoms with E-state index in [2.05, 4.69) is 32.0 Å². The van der Waals surface area contributed by atoms with Crippen LogP contribution in [-0.4, -0.2) is 19.5 Å². The Balaban J connectivity index is 2.65. The molecule has 0 saturated heterocycles. The van der Waals surface area contributed by atoms with Crippen LogP contribution in [0.25, 0.3) is 0 Å². The first-order chi connectivity index (χ1) is 7.67. The molecule has 0 unspecified atom stereocenters. The lowest BCUT2D eigenvalue weighted by atomic mass is 10.0. The van der Waals surface area contributed by atoms with Crippen molar-refractivity contribution in [2.75, 3.05) is 13.2 Å². The molecule has 1 aromatic rings. The molecule has 0 spiro atoms. The summed E-state index contributed by atoms with van der Waals surface area (Å²) in [5, 5.41) is 0. The maximum absolute atomic E-state index is 5.53. The first kappa shape index (κ1) is 13.2. The number of aryl methyl sites for hydroxylation is 2. The monoisotopic (exact) mass is 222 g/mol. The number of ether oxygens (including phenoxy) is 2. The molecule has 0 heterocycles. The molecule has 0 atom stereocenters. The zero-order chi connectivity index (χ0) is 12.0. The highest BCUT2D eigenvalue weighted by Gasteiger charge is 2.09. The molecule has 90 valence electrons. The van der Waals surface area contributed by atoms with Gasteiger partial charge in [-0.15, -0.1) is 0 Å². The van der Waals surface area contributed by atoms with Crippen LogP contribution in [0.2, 0.25) is 0 Å². The Hall–Kier alpha value is -0.860. The highest BCUT2D eigenvalue weighted by Crippen LogP contribution is 2.13. The summed E-state index contributed by atoms with van der Waals surface area (Å²) < 4.78 is 11.1. The Labute approximate surface area is 98.6 Å². The van der Waals surface area contributed by atoms with Gasteiger partial charge in [0, 0.05) is 19.6 Å². The van der Waals surface area contributed by atoms with Crippen molar-refractivity contribution in [2.45, 2.75) is 40.4 Å². The molecule has 0 fully saturated rings. The molecule has 0 saturated carbocycles. The van der Waals surface area contributed by atoms with Gasteiger partial charge in [0.1, 0.15) is 0 Å². The van der Waals surface area contributed by atoms with Crippen LogP contribution < -0.4 is 0 Å². The van der Waals surface area contributed by atoms with Gasteiger partial charge in [0.25, 0.3) is 0 Å². The van der Waals surface area contributed by atoms with Crippen LogP contribution in [0.5, 0.6) is 0 Å². The minimum atomic E-state index is -0.114. The van der Waals surface area contributed by atoms with Gasteiger partial charge >= 0.3 is 0 Å². The van der Waals surface area contributed by atoms with E-state index in [0.29, 0.717) is 13.2 Å². The summed E-state index contributed by atoms with van der Waals surface area (Å²) in [7, 11) is 0. The van der Waals surface area contributed by atoms with Gasteiger partial charge in [-0.2, -0.15) is 0 Å². The van der Waals surface area contributed by atoms with Gasteiger partial charge in [0.2, 0.25) is 0 Å². The third-order valence-electron chi connectivity index (χ3n) is 2.68. The Kier molecular flexibility index (Phi) is 5.50. The van der Waals surface area contributed by atoms with Gasteiger partial charge in [-0.1, -0.05) is 18.2 Å².